The number of halogens is 2. The molecule has 1 amide bonds. The zero-order valence-electron chi connectivity index (χ0n) is 21.2. The van der Waals surface area contributed by atoms with Crippen molar-refractivity contribution in [3.8, 4) is 11.3 Å². The summed E-state index contributed by atoms with van der Waals surface area (Å²) >= 11 is 0. The number of aromatic nitrogens is 3. The fourth-order valence-electron chi connectivity index (χ4n) is 5.32. The molecule has 5 heterocycles. The molecule has 2 aliphatic heterocycles. The number of amides is 1. The molecule has 0 aliphatic carbocycles. The van der Waals surface area contributed by atoms with Crippen LogP contribution in [0.1, 0.15) is 51.5 Å². The molecule has 8 nitrogen and oxygen atoms in total. The SMILES string of the molecule is CN(C)Cc1nc(Nc2ccc(-c3cnc4cc(C(F)F)ccn34)c3c2C(=O)NC3)ccc1[C@H]1CCOC1. The van der Waals surface area contributed by atoms with E-state index >= 15 is 0 Å². The first-order valence-electron chi connectivity index (χ1n) is 12.6. The number of carbonyl (C=O) groups is 1. The summed E-state index contributed by atoms with van der Waals surface area (Å²) in [5.74, 6) is 0.822. The number of carbonyl (C=O) groups excluding carboxylic acids is 1. The number of ether oxygens (including phenoxy) is 1. The van der Waals surface area contributed by atoms with Crippen molar-refractivity contribution in [2.45, 2.75) is 31.9 Å². The minimum absolute atomic E-state index is 0.0797. The third kappa shape index (κ3) is 4.39. The van der Waals surface area contributed by atoms with Crippen LogP contribution in [-0.2, 0) is 17.8 Å². The van der Waals surface area contributed by atoms with Crippen molar-refractivity contribution < 1.29 is 18.3 Å². The number of hydrogen-bond acceptors (Lipinski definition) is 6. The van der Waals surface area contributed by atoms with E-state index in [0.29, 0.717) is 48.3 Å². The highest BCUT2D eigenvalue weighted by Crippen LogP contribution is 2.36. The van der Waals surface area contributed by atoms with E-state index < -0.39 is 6.43 Å². The van der Waals surface area contributed by atoms with Crippen LogP contribution in [0.25, 0.3) is 16.9 Å². The number of alkyl halides is 2. The molecule has 4 aromatic rings. The summed E-state index contributed by atoms with van der Waals surface area (Å²) in [6, 6.07) is 10.6. The van der Waals surface area contributed by atoms with Crippen LogP contribution in [0.3, 0.4) is 0 Å². The minimum atomic E-state index is -2.57. The summed E-state index contributed by atoms with van der Waals surface area (Å²) in [4.78, 5) is 24.3. The maximum Gasteiger partial charge on any atom is 0.264 e. The Morgan fingerprint density at radius 3 is 2.87 bits per heavy atom. The number of imidazole rings is 1. The molecular weight excluding hydrogens is 490 g/mol. The van der Waals surface area contributed by atoms with Gasteiger partial charge in [0, 0.05) is 42.9 Å². The molecule has 1 fully saturated rings. The van der Waals surface area contributed by atoms with E-state index in [2.05, 4.69) is 26.6 Å². The highest BCUT2D eigenvalue weighted by Gasteiger charge is 2.28. The molecule has 0 saturated carbocycles. The number of nitrogens with zero attached hydrogens (tertiary/aromatic N) is 4. The summed E-state index contributed by atoms with van der Waals surface area (Å²) in [6.07, 6.45) is 1.66. The standard InChI is InChI=1S/C28H28F2N6O2/c1-35(2)14-22-18(17-8-10-38-15-17)4-6-24(34-22)33-21-5-3-19(20-12-32-28(37)26(20)21)23-13-31-25-11-16(27(29)30)7-9-36(23)25/h3-7,9,11,13,17,27H,8,10,12,14-15H2,1-2H3,(H,32,37)(H,33,34)/t17-/m0/s1. The number of fused-ring (bicyclic) bond motifs is 2. The van der Waals surface area contributed by atoms with Crippen LogP contribution >= 0.6 is 0 Å². The van der Waals surface area contributed by atoms with Crippen LogP contribution < -0.4 is 10.6 Å². The van der Waals surface area contributed by atoms with Gasteiger partial charge in [0.05, 0.1) is 35.4 Å². The molecule has 2 aliphatic rings. The molecule has 1 aromatic carbocycles. The Morgan fingerprint density at radius 2 is 2.11 bits per heavy atom. The summed E-state index contributed by atoms with van der Waals surface area (Å²) in [7, 11) is 4.03. The van der Waals surface area contributed by atoms with Crippen LogP contribution in [0.2, 0.25) is 0 Å². The normalized spacial score (nSPS) is 17.0. The Balaban J connectivity index is 1.37. The first kappa shape index (κ1) is 24.4. The molecule has 196 valence electrons. The molecule has 1 atom stereocenters. The van der Waals surface area contributed by atoms with E-state index in [1.54, 1.807) is 16.8 Å². The molecule has 0 bridgehead atoms. The number of anilines is 2. The largest absolute Gasteiger partial charge is 0.381 e. The lowest BCUT2D eigenvalue weighted by Gasteiger charge is -2.19. The number of benzene rings is 1. The lowest BCUT2D eigenvalue weighted by Crippen LogP contribution is -2.16. The van der Waals surface area contributed by atoms with Crippen LogP contribution in [0.15, 0.2) is 48.8 Å². The fraction of sp³-hybridized carbons (Fsp3) is 0.321. The maximum atomic E-state index is 13.2. The van der Waals surface area contributed by atoms with E-state index in [4.69, 9.17) is 9.72 Å². The lowest BCUT2D eigenvalue weighted by atomic mass is 9.96. The summed E-state index contributed by atoms with van der Waals surface area (Å²) in [6.45, 7) is 2.53. The second-order valence-electron chi connectivity index (χ2n) is 9.99. The van der Waals surface area contributed by atoms with Gasteiger partial charge < -0.3 is 20.3 Å². The monoisotopic (exact) mass is 518 g/mol. The molecule has 0 spiro atoms. The molecule has 6 rings (SSSR count). The molecular formula is C28H28F2N6O2. The van der Waals surface area contributed by atoms with E-state index in [0.717, 1.165) is 35.5 Å². The Kier molecular flexibility index (Phi) is 6.29. The minimum Gasteiger partial charge on any atom is -0.381 e. The summed E-state index contributed by atoms with van der Waals surface area (Å²) < 4.78 is 33.7. The smallest absolute Gasteiger partial charge is 0.264 e. The predicted octanol–water partition coefficient (Wildman–Crippen LogP) is 4.89. The van der Waals surface area contributed by atoms with Crippen molar-refractivity contribution in [2.24, 2.45) is 0 Å². The topological polar surface area (TPSA) is 83.8 Å². The van der Waals surface area contributed by atoms with Gasteiger partial charge in [-0.2, -0.15) is 0 Å². The van der Waals surface area contributed by atoms with Gasteiger partial charge in [-0.05, 0) is 55.9 Å². The summed E-state index contributed by atoms with van der Waals surface area (Å²) in [5, 5.41) is 6.29. The predicted molar refractivity (Wildman–Crippen MR) is 140 cm³/mol. The number of rotatable bonds is 7. The number of pyridine rings is 2. The van der Waals surface area contributed by atoms with Crippen LogP contribution in [-0.4, -0.2) is 52.5 Å². The quantitative estimate of drug-likeness (QED) is 0.363. The van der Waals surface area contributed by atoms with Crippen molar-refractivity contribution in [3.63, 3.8) is 0 Å². The van der Waals surface area contributed by atoms with Crippen molar-refractivity contribution in [2.75, 3.05) is 32.6 Å². The molecule has 0 unspecified atom stereocenters. The average Bonchev–Trinajstić information content (AvgIpc) is 3.64. The number of hydrogen-bond donors (Lipinski definition) is 2. The molecule has 10 heteroatoms. The molecule has 38 heavy (non-hydrogen) atoms. The van der Waals surface area contributed by atoms with Crippen molar-refractivity contribution >= 4 is 23.1 Å². The highest BCUT2D eigenvalue weighted by atomic mass is 19.3. The molecule has 3 aromatic heterocycles. The highest BCUT2D eigenvalue weighted by molar-refractivity contribution is 6.06. The fourth-order valence-corrected chi connectivity index (χ4v) is 5.32. The van der Waals surface area contributed by atoms with Crippen LogP contribution in [0.4, 0.5) is 20.3 Å². The Bertz CT molecular complexity index is 1530. The van der Waals surface area contributed by atoms with Gasteiger partial charge in [0.15, 0.2) is 0 Å². The Labute approximate surface area is 218 Å². The maximum absolute atomic E-state index is 13.2. The van der Waals surface area contributed by atoms with Crippen molar-refractivity contribution in [1.82, 2.24) is 24.6 Å². The molecule has 2 N–H and O–H groups in total. The van der Waals surface area contributed by atoms with E-state index in [9.17, 15) is 13.6 Å². The summed E-state index contributed by atoms with van der Waals surface area (Å²) in [5.41, 5.74) is 6.12. The van der Waals surface area contributed by atoms with Gasteiger partial charge in [0.1, 0.15) is 11.5 Å². The van der Waals surface area contributed by atoms with Crippen LogP contribution in [0.5, 0.6) is 0 Å². The zero-order chi connectivity index (χ0) is 26.4. The van der Waals surface area contributed by atoms with Gasteiger partial charge in [-0.3, -0.25) is 9.20 Å². The van der Waals surface area contributed by atoms with Crippen molar-refractivity contribution in [3.05, 3.63) is 76.7 Å². The second kappa shape index (κ2) is 9.77. The average molecular weight is 519 g/mol. The third-order valence-electron chi connectivity index (χ3n) is 7.14. The van der Waals surface area contributed by atoms with Gasteiger partial charge >= 0.3 is 0 Å². The second-order valence-corrected chi connectivity index (χ2v) is 9.99. The Morgan fingerprint density at radius 1 is 1.24 bits per heavy atom. The lowest BCUT2D eigenvalue weighted by molar-refractivity contribution is 0.0966. The first-order chi connectivity index (χ1) is 18.4. The Hall–Kier alpha value is -3.89. The van der Waals surface area contributed by atoms with Crippen molar-refractivity contribution in [1.29, 1.82) is 0 Å². The van der Waals surface area contributed by atoms with E-state index in [1.807, 2.05) is 32.3 Å². The molecule has 0 radical (unpaired) electrons. The number of nitrogens with one attached hydrogen (secondary N) is 2. The van der Waals surface area contributed by atoms with E-state index in [1.165, 1.54) is 17.7 Å². The third-order valence-corrected chi connectivity index (χ3v) is 7.14. The van der Waals surface area contributed by atoms with Gasteiger partial charge in [-0.15, -0.1) is 0 Å². The van der Waals surface area contributed by atoms with Gasteiger partial charge in [0.25, 0.3) is 12.3 Å². The first-order valence-corrected chi connectivity index (χ1v) is 12.6. The molecule has 1 saturated heterocycles. The van der Waals surface area contributed by atoms with Crippen LogP contribution in [0, 0.1) is 0 Å². The van der Waals surface area contributed by atoms with Gasteiger partial charge in [-0.25, -0.2) is 18.7 Å². The van der Waals surface area contributed by atoms with E-state index in [-0.39, 0.29) is 11.5 Å². The van der Waals surface area contributed by atoms with Gasteiger partial charge in [-0.1, -0.05) is 12.1 Å². The van der Waals surface area contributed by atoms with Gasteiger partial charge in [0.2, 0.25) is 0 Å². The zero-order valence-corrected chi connectivity index (χ0v) is 21.2.